The first-order valence-electron chi connectivity index (χ1n) is 8.83. The second-order valence-corrected chi connectivity index (χ2v) is 7.04. The molecule has 0 aliphatic heterocycles. The molecule has 0 aliphatic rings. The molecule has 4 rings (SSSR count). The molecule has 0 radical (unpaired) electrons. The molecule has 154 valence electrons. The van der Waals surface area contributed by atoms with Gasteiger partial charge in [0.25, 0.3) is 5.56 Å². The van der Waals surface area contributed by atoms with E-state index in [2.05, 4.69) is 10.1 Å². The van der Waals surface area contributed by atoms with Gasteiger partial charge in [-0.1, -0.05) is 16.8 Å². The third-order valence-corrected chi connectivity index (χ3v) is 4.84. The molecule has 0 atom stereocenters. The van der Waals surface area contributed by atoms with Crippen LogP contribution in [0.15, 0.2) is 50.8 Å². The topological polar surface area (TPSA) is 114 Å². The zero-order chi connectivity index (χ0) is 21.4. The van der Waals surface area contributed by atoms with E-state index in [1.807, 2.05) is 0 Å². The fourth-order valence-electron chi connectivity index (χ4n) is 2.99. The van der Waals surface area contributed by atoms with Crippen LogP contribution in [0, 0.1) is 0 Å². The Morgan fingerprint density at radius 2 is 1.90 bits per heavy atom. The summed E-state index contributed by atoms with van der Waals surface area (Å²) in [6.45, 7) is -0.342. The predicted molar refractivity (Wildman–Crippen MR) is 107 cm³/mol. The van der Waals surface area contributed by atoms with Gasteiger partial charge in [-0.25, -0.2) is 9.78 Å². The van der Waals surface area contributed by atoms with Gasteiger partial charge in [0.2, 0.25) is 0 Å². The molecule has 11 heteroatoms. The maximum absolute atomic E-state index is 12.4. The number of carbonyl (C=O) groups excluding carboxylic acids is 1. The Kier molecular flexibility index (Phi) is 5.00. The second-order valence-electron chi connectivity index (χ2n) is 6.60. The van der Waals surface area contributed by atoms with Crippen molar-refractivity contribution < 1.29 is 14.1 Å². The van der Waals surface area contributed by atoms with Crippen LogP contribution < -0.4 is 11.2 Å². The third-order valence-electron chi connectivity index (χ3n) is 4.59. The lowest BCUT2D eigenvalue weighted by atomic mass is 10.2. The van der Waals surface area contributed by atoms with Crippen molar-refractivity contribution in [3.8, 4) is 11.3 Å². The van der Waals surface area contributed by atoms with Gasteiger partial charge in [-0.05, 0) is 24.3 Å². The molecule has 0 bridgehead atoms. The van der Waals surface area contributed by atoms with Crippen LogP contribution in [0.3, 0.4) is 0 Å². The monoisotopic (exact) mass is 429 g/mol. The van der Waals surface area contributed by atoms with Crippen LogP contribution in [0.25, 0.3) is 22.5 Å². The van der Waals surface area contributed by atoms with E-state index in [9.17, 15) is 14.4 Å². The normalized spacial score (nSPS) is 11.2. The Hall–Kier alpha value is -3.66. The molecule has 0 spiro atoms. The number of imidazole rings is 1. The number of fused-ring (bicyclic) bond motifs is 1. The van der Waals surface area contributed by atoms with Crippen molar-refractivity contribution in [3.05, 3.63) is 68.2 Å². The van der Waals surface area contributed by atoms with Gasteiger partial charge in [-0.3, -0.25) is 18.7 Å². The molecular weight excluding hydrogens is 414 g/mol. The Labute approximate surface area is 173 Å². The van der Waals surface area contributed by atoms with Gasteiger partial charge in [-0.2, -0.15) is 0 Å². The number of halogens is 1. The summed E-state index contributed by atoms with van der Waals surface area (Å²) in [5.41, 5.74) is 0.520. The first-order valence-corrected chi connectivity index (χ1v) is 9.21. The van der Waals surface area contributed by atoms with Gasteiger partial charge in [0.15, 0.2) is 16.9 Å². The van der Waals surface area contributed by atoms with Crippen molar-refractivity contribution in [3.63, 3.8) is 0 Å². The number of esters is 1. The molecule has 3 aromatic heterocycles. The predicted octanol–water partition coefficient (Wildman–Crippen LogP) is 1.49. The summed E-state index contributed by atoms with van der Waals surface area (Å²) in [6.07, 6.45) is 1.32. The Morgan fingerprint density at radius 3 is 2.63 bits per heavy atom. The van der Waals surface area contributed by atoms with E-state index in [1.54, 1.807) is 30.3 Å². The molecule has 0 saturated carbocycles. The summed E-state index contributed by atoms with van der Waals surface area (Å²) in [7, 11) is 2.87. The van der Waals surface area contributed by atoms with Gasteiger partial charge < -0.3 is 13.8 Å². The van der Waals surface area contributed by atoms with E-state index in [-0.39, 0.29) is 24.3 Å². The van der Waals surface area contributed by atoms with E-state index in [0.29, 0.717) is 16.5 Å². The fourth-order valence-corrected chi connectivity index (χ4v) is 3.11. The van der Waals surface area contributed by atoms with Gasteiger partial charge in [-0.15, -0.1) is 0 Å². The number of hydrogen-bond acceptors (Lipinski definition) is 7. The summed E-state index contributed by atoms with van der Waals surface area (Å²) < 4.78 is 14.0. The number of benzene rings is 1. The van der Waals surface area contributed by atoms with Crippen molar-refractivity contribution in [2.24, 2.45) is 14.1 Å². The highest BCUT2D eigenvalue weighted by Gasteiger charge is 2.17. The SMILES string of the molecule is Cn1c(=O)c2c(ncn2CC(=O)OCc2cc(-c3ccc(Cl)cc3)on2)n(C)c1=O. The summed E-state index contributed by atoms with van der Waals surface area (Å²) in [6, 6.07) is 8.70. The van der Waals surface area contributed by atoms with Crippen LogP contribution in [0.5, 0.6) is 0 Å². The molecule has 10 nitrogen and oxygen atoms in total. The summed E-state index contributed by atoms with van der Waals surface area (Å²) in [5, 5.41) is 4.49. The Morgan fingerprint density at radius 1 is 1.17 bits per heavy atom. The lowest BCUT2D eigenvalue weighted by molar-refractivity contribution is -0.145. The molecule has 0 amide bonds. The molecule has 0 unspecified atom stereocenters. The van der Waals surface area contributed by atoms with E-state index < -0.39 is 17.2 Å². The minimum absolute atomic E-state index is 0.0982. The zero-order valence-corrected chi connectivity index (χ0v) is 16.8. The van der Waals surface area contributed by atoms with Crippen LogP contribution in [-0.2, 0) is 36.8 Å². The Bertz CT molecular complexity index is 1360. The molecular formula is C19H16ClN5O5. The quantitative estimate of drug-likeness (QED) is 0.441. The number of hydrogen-bond donors (Lipinski definition) is 0. The van der Waals surface area contributed by atoms with Gasteiger partial charge >= 0.3 is 11.7 Å². The van der Waals surface area contributed by atoms with E-state index in [1.165, 1.54) is 29.6 Å². The number of aromatic nitrogens is 5. The standard InChI is InChI=1S/C19H16ClN5O5/c1-23-17-16(18(27)24(2)19(23)28)25(10-21-17)8-15(26)29-9-13-7-14(30-22-13)11-3-5-12(20)6-4-11/h3-7,10H,8-9H2,1-2H3. The van der Waals surface area contributed by atoms with Crippen molar-refractivity contribution in [2.45, 2.75) is 13.2 Å². The molecule has 1 aromatic carbocycles. The number of ether oxygens (including phenoxy) is 1. The zero-order valence-electron chi connectivity index (χ0n) is 16.0. The third kappa shape index (κ3) is 3.52. The van der Waals surface area contributed by atoms with Crippen molar-refractivity contribution in [1.82, 2.24) is 23.8 Å². The van der Waals surface area contributed by atoms with Crippen LogP contribution in [0.1, 0.15) is 5.69 Å². The van der Waals surface area contributed by atoms with Crippen LogP contribution in [0.4, 0.5) is 0 Å². The molecule has 0 saturated heterocycles. The lowest BCUT2D eigenvalue weighted by Crippen LogP contribution is -2.37. The first-order chi connectivity index (χ1) is 14.3. The van der Waals surface area contributed by atoms with Gasteiger partial charge in [0, 0.05) is 30.7 Å². The van der Waals surface area contributed by atoms with Crippen molar-refractivity contribution in [2.75, 3.05) is 0 Å². The highest BCUT2D eigenvalue weighted by atomic mass is 35.5. The first kappa shape index (κ1) is 19.6. The van der Waals surface area contributed by atoms with Crippen LogP contribution in [-0.4, -0.2) is 29.8 Å². The van der Waals surface area contributed by atoms with Crippen molar-refractivity contribution >= 4 is 28.7 Å². The smallest absolute Gasteiger partial charge is 0.332 e. The average Bonchev–Trinajstić information content (AvgIpc) is 3.37. The largest absolute Gasteiger partial charge is 0.458 e. The van der Waals surface area contributed by atoms with E-state index in [4.69, 9.17) is 20.9 Å². The maximum atomic E-state index is 12.4. The number of aryl methyl sites for hydroxylation is 1. The molecule has 30 heavy (non-hydrogen) atoms. The molecule has 4 aromatic rings. The molecule has 3 heterocycles. The molecule has 0 fully saturated rings. The summed E-state index contributed by atoms with van der Waals surface area (Å²) in [5.74, 6) is -0.0796. The molecule has 0 aliphatic carbocycles. The highest BCUT2D eigenvalue weighted by molar-refractivity contribution is 6.30. The van der Waals surface area contributed by atoms with E-state index in [0.717, 1.165) is 10.1 Å². The van der Waals surface area contributed by atoms with Crippen molar-refractivity contribution in [1.29, 1.82) is 0 Å². The molecule has 0 N–H and O–H groups in total. The summed E-state index contributed by atoms with van der Waals surface area (Å²) in [4.78, 5) is 40.7. The Balaban J connectivity index is 1.47. The minimum Gasteiger partial charge on any atom is -0.458 e. The summed E-state index contributed by atoms with van der Waals surface area (Å²) >= 11 is 5.87. The number of carbonyl (C=O) groups is 1. The van der Waals surface area contributed by atoms with Crippen LogP contribution in [0.2, 0.25) is 5.02 Å². The number of rotatable bonds is 5. The van der Waals surface area contributed by atoms with E-state index >= 15 is 0 Å². The van der Waals surface area contributed by atoms with Gasteiger partial charge in [0.1, 0.15) is 18.8 Å². The highest BCUT2D eigenvalue weighted by Crippen LogP contribution is 2.22. The lowest BCUT2D eigenvalue weighted by Gasteiger charge is -2.06. The van der Waals surface area contributed by atoms with Gasteiger partial charge in [0.05, 0.1) is 6.33 Å². The second kappa shape index (κ2) is 7.64. The maximum Gasteiger partial charge on any atom is 0.332 e. The number of nitrogens with zero attached hydrogens (tertiary/aromatic N) is 5. The van der Waals surface area contributed by atoms with Crippen LogP contribution >= 0.6 is 11.6 Å². The fraction of sp³-hybridized carbons (Fsp3) is 0.211. The minimum atomic E-state index is -0.596. The average molecular weight is 430 g/mol.